The molecule has 1 heterocycles. The van der Waals surface area contributed by atoms with Crippen molar-refractivity contribution in [3.05, 3.63) is 69.8 Å². The first kappa shape index (κ1) is 16.3. The van der Waals surface area contributed by atoms with Gasteiger partial charge in [-0.15, -0.1) is 11.8 Å². The third-order valence-electron chi connectivity index (χ3n) is 3.57. The SMILES string of the molecule is COC(=O)c1ccc2c(=O)[nH]c(CSc3ccc(C)cc3)nc2c1. The Hall–Kier alpha value is -2.60. The van der Waals surface area contributed by atoms with Crippen LogP contribution in [0.1, 0.15) is 21.7 Å². The Bertz CT molecular complexity index is 949. The number of aryl methyl sites for hydroxylation is 1. The third kappa shape index (κ3) is 3.49. The van der Waals surface area contributed by atoms with Gasteiger partial charge in [0.1, 0.15) is 5.82 Å². The van der Waals surface area contributed by atoms with Gasteiger partial charge in [-0.05, 0) is 37.3 Å². The number of benzene rings is 2. The van der Waals surface area contributed by atoms with Crippen LogP contribution in [0.15, 0.2) is 52.2 Å². The maximum atomic E-state index is 12.2. The molecule has 0 spiro atoms. The fourth-order valence-corrected chi connectivity index (χ4v) is 3.06. The molecule has 0 aliphatic rings. The number of esters is 1. The first-order valence-corrected chi connectivity index (χ1v) is 8.36. The largest absolute Gasteiger partial charge is 0.465 e. The van der Waals surface area contributed by atoms with E-state index in [1.807, 2.05) is 31.2 Å². The number of nitrogens with one attached hydrogen (secondary N) is 1. The molecule has 0 radical (unpaired) electrons. The molecule has 6 heteroatoms. The number of hydrogen-bond acceptors (Lipinski definition) is 5. The predicted octanol–water partition coefficient (Wildman–Crippen LogP) is 3.31. The topological polar surface area (TPSA) is 72.1 Å². The number of fused-ring (bicyclic) bond motifs is 1. The van der Waals surface area contributed by atoms with Crippen molar-refractivity contribution in [1.82, 2.24) is 9.97 Å². The first-order valence-electron chi connectivity index (χ1n) is 7.37. The van der Waals surface area contributed by atoms with E-state index < -0.39 is 5.97 Å². The number of nitrogens with zero attached hydrogens (tertiary/aromatic N) is 1. The summed E-state index contributed by atoms with van der Waals surface area (Å²) in [7, 11) is 1.32. The number of ether oxygens (including phenoxy) is 1. The monoisotopic (exact) mass is 340 g/mol. The zero-order chi connectivity index (χ0) is 17.1. The van der Waals surface area contributed by atoms with E-state index in [1.165, 1.54) is 12.7 Å². The fourth-order valence-electron chi connectivity index (χ4n) is 2.29. The van der Waals surface area contributed by atoms with Gasteiger partial charge in [-0.1, -0.05) is 17.7 Å². The van der Waals surface area contributed by atoms with Crippen molar-refractivity contribution in [2.24, 2.45) is 0 Å². The van der Waals surface area contributed by atoms with Crippen molar-refractivity contribution in [2.75, 3.05) is 7.11 Å². The second kappa shape index (κ2) is 6.88. The molecule has 24 heavy (non-hydrogen) atoms. The molecule has 5 nitrogen and oxygen atoms in total. The molecular weight excluding hydrogens is 324 g/mol. The average molecular weight is 340 g/mol. The lowest BCUT2D eigenvalue weighted by Crippen LogP contribution is -2.12. The number of aromatic nitrogens is 2. The van der Waals surface area contributed by atoms with Crippen molar-refractivity contribution in [1.29, 1.82) is 0 Å². The minimum Gasteiger partial charge on any atom is -0.465 e. The number of H-pyrrole nitrogens is 1. The second-order valence-corrected chi connectivity index (χ2v) is 6.39. The maximum absolute atomic E-state index is 12.2. The van der Waals surface area contributed by atoms with E-state index in [0.29, 0.717) is 28.0 Å². The summed E-state index contributed by atoms with van der Waals surface area (Å²) in [6.07, 6.45) is 0. The Balaban J connectivity index is 1.89. The normalized spacial score (nSPS) is 10.8. The molecule has 0 bridgehead atoms. The summed E-state index contributed by atoms with van der Waals surface area (Å²) in [5.41, 5.74) is 1.85. The minimum absolute atomic E-state index is 0.212. The molecule has 0 aliphatic carbocycles. The number of rotatable bonds is 4. The van der Waals surface area contributed by atoms with Crippen molar-refractivity contribution in [2.45, 2.75) is 17.6 Å². The van der Waals surface area contributed by atoms with Crippen LogP contribution in [-0.2, 0) is 10.5 Å². The molecule has 2 aromatic carbocycles. The van der Waals surface area contributed by atoms with Crippen LogP contribution in [0.2, 0.25) is 0 Å². The Kier molecular flexibility index (Phi) is 4.66. The Morgan fingerprint density at radius 1 is 1.21 bits per heavy atom. The van der Waals surface area contributed by atoms with Crippen LogP contribution < -0.4 is 5.56 Å². The maximum Gasteiger partial charge on any atom is 0.337 e. The number of carbonyl (C=O) groups excluding carboxylic acids is 1. The van der Waals surface area contributed by atoms with Gasteiger partial charge in [0.2, 0.25) is 0 Å². The van der Waals surface area contributed by atoms with Crippen LogP contribution in [0.25, 0.3) is 10.9 Å². The molecule has 3 rings (SSSR count). The number of thioether (sulfide) groups is 1. The number of hydrogen-bond donors (Lipinski definition) is 1. The average Bonchev–Trinajstić information content (AvgIpc) is 2.60. The highest BCUT2D eigenvalue weighted by Crippen LogP contribution is 2.22. The lowest BCUT2D eigenvalue weighted by molar-refractivity contribution is 0.0601. The van der Waals surface area contributed by atoms with Gasteiger partial charge < -0.3 is 9.72 Å². The van der Waals surface area contributed by atoms with Crippen LogP contribution in [-0.4, -0.2) is 23.0 Å². The van der Waals surface area contributed by atoms with Gasteiger partial charge in [0.25, 0.3) is 5.56 Å². The van der Waals surface area contributed by atoms with Crippen LogP contribution in [0, 0.1) is 6.92 Å². The molecule has 3 aromatic rings. The molecule has 0 unspecified atom stereocenters. The van der Waals surface area contributed by atoms with Crippen LogP contribution in [0.4, 0.5) is 0 Å². The Morgan fingerprint density at radius 3 is 2.67 bits per heavy atom. The first-order chi connectivity index (χ1) is 11.6. The van der Waals surface area contributed by atoms with Crippen LogP contribution >= 0.6 is 11.8 Å². The van der Waals surface area contributed by atoms with Crippen molar-refractivity contribution in [3.8, 4) is 0 Å². The second-order valence-electron chi connectivity index (χ2n) is 5.34. The standard InChI is InChI=1S/C18H16N2O3S/c1-11-3-6-13(7-4-11)24-10-16-19-15-9-12(18(22)23-2)5-8-14(15)17(21)20-16/h3-9H,10H2,1-2H3,(H,19,20,21). The summed E-state index contributed by atoms with van der Waals surface area (Å²) in [6, 6.07) is 12.9. The lowest BCUT2D eigenvalue weighted by Gasteiger charge is -2.05. The van der Waals surface area contributed by atoms with Crippen LogP contribution in [0.5, 0.6) is 0 Å². The van der Waals surface area contributed by atoms with Crippen molar-refractivity contribution in [3.63, 3.8) is 0 Å². The van der Waals surface area contributed by atoms with Gasteiger partial charge in [-0.25, -0.2) is 9.78 Å². The predicted molar refractivity (Wildman–Crippen MR) is 94.4 cm³/mol. The molecule has 1 N–H and O–H groups in total. The lowest BCUT2D eigenvalue weighted by atomic mass is 10.1. The zero-order valence-corrected chi connectivity index (χ0v) is 14.1. The van der Waals surface area contributed by atoms with Crippen molar-refractivity contribution >= 4 is 28.6 Å². The van der Waals surface area contributed by atoms with E-state index in [0.717, 1.165) is 4.90 Å². The summed E-state index contributed by atoms with van der Waals surface area (Å²) < 4.78 is 4.70. The zero-order valence-electron chi connectivity index (χ0n) is 13.3. The van der Waals surface area contributed by atoms with Gasteiger partial charge >= 0.3 is 5.97 Å². The molecule has 0 aliphatic heterocycles. The van der Waals surface area contributed by atoms with Gasteiger partial charge in [-0.3, -0.25) is 4.79 Å². The van der Waals surface area contributed by atoms with Crippen LogP contribution in [0.3, 0.4) is 0 Å². The highest BCUT2D eigenvalue weighted by atomic mass is 32.2. The molecule has 0 saturated carbocycles. The van der Waals surface area contributed by atoms with Gasteiger partial charge in [0.05, 0.1) is 29.3 Å². The smallest absolute Gasteiger partial charge is 0.337 e. The quantitative estimate of drug-likeness (QED) is 0.583. The molecule has 1 aromatic heterocycles. The van der Waals surface area contributed by atoms with E-state index in [-0.39, 0.29) is 5.56 Å². The Labute approximate surface area is 143 Å². The summed E-state index contributed by atoms with van der Waals surface area (Å²) in [6.45, 7) is 2.04. The summed E-state index contributed by atoms with van der Waals surface area (Å²) in [5, 5.41) is 0.451. The van der Waals surface area contributed by atoms with E-state index in [4.69, 9.17) is 4.74 Å². The van der Waals surface area contributed by atoms with Gasteiger partial charge in [-0.2, -0.15) is 0 Å². The van der Waals surface area contributed by atoms with E-state index >= 15 is 0 Å². The summed E-state index contributed by atoms with van der Waals surface area (Å²) >= 11 is 1.59. The van der Waals surface area contributed by atoms with E-state index in [1.54, 1.807) is 30.0 Å². The third-order valence-corrected chi connectivity index (χ3v) is 4.60. The van der Waals surface area contributed by atoms with Crippen molar-refractivity contribution < 1.29 is 9.53 Å². The Morgan fingerprint density at radius 2 is 1.96 bits per heavy atom. The molecule has 0 saturated heterocycles. The van der Waals surface area contributed by atoms with Gasteiger partial charge in [0, 0.05) is 4.90 Å². The summed E-state index contributed by atoms with van der Waals surface area (Å²) in [4.78, 5) is 32.2. The molecule has 122 valence electrons. The fraction of sp³-hybridized carbons (Fsp3) is 0.167. The minimum atomic E-state index is -0.449. The highest BCUT2D eigenvalue weighted by molar-refractivity contribution is 7.98. The molecular formula is C18H16N2O3S. The molecule has 0 fully saturated rings. The molecule has 0 atom stereocenters. The molecule has 0 amide bonds. The van der Waals surface area contributed by atoms with E-state index in [2.05, 4.69) is 9.97 Å². The number of methoxy groups -OCH3 is 1. The number of carbonyl (C=O) groups is 1. The summed E-state index contributed by atoms with van der Waals surface area (Å²) in [5.74, 6) is 0.658. The highest BCUT2D eigenvalue weighted by Gasteiger charge is 2.10. The number of aromatic amines is 1. The van der Waals surface area contributed by atoms with E-state index in [9.17, 15) is 9.59 Å². The van der Waals surface area contributed by atoms with Gasteiger partial charge in [0.15, 0.2) is 0 Å².